The van der Waals surface area contributed by atoms with E-state index in [4.69, 9.17) is 10.2 Å². The number of hydrogen-bond donors (Lipinski definition) is 1. The summed E-state index contributed by atoms with van der Waals surface area (Å²) in [7, 11) is 6.20. The molecule has 2 heterocycles. The van der Waals surface area contributed by atoms with Gasteiger partial charge in [0, 0.05) is 17.7 Å². The van der Waals surface area contributed by atoms with Crippen molar-refractivity contribution < 1.29 is 4.42 Å². The number of aromatic nitrogens is 4. The van der Waals surface area contributed by atoms with Crippen molar-refractivity contribution in [3.8, 4) is 34.3 Å². The van der Waals surface area contributed by atoms with Crippen LogP contribution in [0.4, 0.5) is 5.82 Å². The third-order valence-electron chi connectivity index (χ3n) is 4.79. The fourth-order valence-electron chi connectivity index (χ4n) is 3.16. The van der Waals surface area contributed by atoms with Gasteiger partial charge in [-0.1, -0.05) is 48.3 Å². The zero-order chi connectivity index (χ0) is 21.1. The van der Waals surface area contributed by atoms with Crippen molar-refractivity contribution in [1.82, 2.24) is 25.1 Å². The molecular formula is C22H23BN6O. The minimum atomic E-state index is 0.250. The highest BCUT2D eigenvalue weighted by Crippen LogP contribution is 2.28. The molecule has 2 N–H and O–H groups in total. The molecule has 0 aliphatic carbocycles. The molecule has 0 amide bonds. The normalized spacial score (nSPS) is 11.2. The molecule has 4 rings (SSSR count). The van der Waals surface area contributed by atoms with E-state index >= 15 is 0 Å². The third-order valence-corrected chi connectivity index (χ3v) is 4.79. The largest absolute Gasteiger partial charge is 0.414 e. The molecule has 0 fully saturated rings. The first-order valence-corrected chi connectivity index (χ1v) is 9.83. The number of hydrogen-bond acceptors (Lipinski definition) is 7. The van der Waals surface area contributed by atoms with Crippen molar-refractivity contribution in [1.29, 1.82) is 0 Å². The van der Waals surface area contributed by atoms with E-state index in [1.54, 1.807) is 6.20 Å². The number of benzene rings is 2. The zero-order valence-corrected chi connectivity index (χ0v) is 17.3. The second kappa shape index (κ2) is 8.46. The second-order valence-electron chi connectivity index (χ2n) is 7.39. The summed E-state index contributed by atoms with van der Waals surface area (Å²) in [4.78, 5) is 11.1. The van der Waals surface area contributed by atoms with Gasteiger partial charge in [0.25, 0.3) is 5.89 Å². The van der Waals surface area contributed by atoms with Crippen LogP contribution < -0.4 is 5.73 Å². The highest BCUT2D eigenvalue weighted by molar-refractivity contribution is 6.08. The first-order valence-electron chi connectivity index (χ1n) is 9.83. The lowest BCUT2D eigenvalue weighted by molar-refractivity contribution is 0.402. The van der Waals surface area contributed by atoms with Crippen molar-refractivity contribution in [3.63, 3.8) is 0 Å². The first kappa shape index (κ1) is 19.8. The molecule has 4 aromatic rings. The summed E-state index contributed by atoms with van der Waals surface area (Å²) in [6, 6.07) is 16.2. The lowest BCUT2D eigenvalue weighted by atomic mass is 9.96. The molecule has 150 valence electrons. The Morgan fingerprint density at radius 2 is 1.53 bits per heavy atom. The van der Waals surface area contributed by atoms with Crippen molar-refractivity contribution in [2.24, 2.45) is 0 Å². The Morgan fingerprint density at radius 1 is 0.900 bits per heavy atom. The monoisotopic (exact) mass is 398 g/mol. The molecule has 0 aliphatic rings. The smallest absolute Gasteiger partial charge is 0.270 e. The van der Waals surface area contributed by atoms with Crippen LogP contribution in [-0.2, 0) is 12.9 Å². The third kappa shape index (κ3) is 4.23. The van der Waals surface area contributed by atoms with Crippen LogP contribution in [-0.4, -0.2) is 47.0 Å². The number of nitrogens with zero attached hydrogens (tertiary/aromatic N) is 5. The van der Waals surface area contributed by atoms with Crippen molar-refractivity contribution in [2.75, 3.05) is 19.8 Å². The summed E-state index contributed by atoms with van der Waals surface area (Å²) in [6.07, 6.45) is 2.63. The van der Waals surface area contributed by atoms with Gasteiger partial charge in [-0.3, -0.25) is 0 Å². The Bertz CT molecular complexity index is 1140. The molecule has 0 bridgehead atoms. The van der Waals surface area contributed by atoms with E-state index in [1.807, 2.05) is 50.5 Å². The summed E-state index contributed by atoms with van der Waals surface area (Å²) >= 11 is 0. The van der Waals surface area contributed by atoms with Gasteiger partial charge < -0.3 is 15.1 Å². The average molecular weight is 398 g/mol. The summed E-state index contributed by atoms with van der Waals surface area (Å²) in [5, 5.41) is 8.30. The van der Waals surface area contributed by atoms with Crippen molar-refractivity contribution in [2.45, 2.75) is 12.9 Å². The van der Waals surface area contributed by atoms with E-state index in [2.05, 4.69) is 45.0 Å². The maximum Gasteiger partial charge on any atom is 0.270 e. The van der Waals surface area contributed by atoms with Crippen molar-refractivity contribution in [3.05, 3.63) is 65.9 Å². The fraction of sp³-hybridized carbons (Fsp3) is 0.182. The Morgan fingerprint density at radius 3 is 2.20 bits per heavy atom. The van der Waals surface area contributed by atoms with Gasteiger partial charge in [-0.25, -0.2) is 9.97 Å². The SMILES string of the molecule is BCc1ccc(-c2nnc(-c3nc(-c4ccc(CN(C)C)cc4)cnc3N)o2)cc1. The highest BCUT2D eigenvalue weighted by atomic mass is 16.4. The quantitative estimate of drug-likeness (QED) is 0.499. The number of nitrogens with two attached hydrogens (primary N) is 1. The predicted octanol–water partition coefficient (Wildman–Crippen LogP) is 2.64. The molecule has 2 aromatic heterocycles. The molecule has 0 atom stereocenters. The maximum absolute atomic E-state index is 6.06. The number of nitrogen functional groups attached to an aromatic ring is 1. The molecule has 8 heteroatoms. The number of rotatable bonds is 6. The topological polar surface area (TPSA) is 94.0 Å². The van der Waals surface area contributed by atoms with E-state index in [9.17, 15) is 0 Å². The van der Waals surface area contributed by atoms with Crippen LogP contribution in [0, 0.1) is 0 Å². The van der Waals surface area contributed by atoms with Crippen LogP contribution in [0.15, 0.2) is 59.1 Å². The van der Waals surface area contributed by atoms with E-state index in [1.165, 1.54) is 11.1 Å². The maximum atomic E-state index is 6.06. The summed E-state index contributed by atoms with van der Waals surface area (Å²) < 4.78 is 5.85. The number of anilines is 1. The summed E-state index contributed by atoms with van der Waals surface area (Å²) in [6.45, 7) is 0.878. The van der Waals surface area contributed by atoms with Gasteiger partial charge in [0.05, 0.1) is 11.9 Å². The molecule has 0 spiro atoms. The van der Waals surface area contributed by atoms with Gasteiger partial charge in [-0.15, -0.1) is 10.2 Å². The van der Waals surface area contributed by atoms with Crippen molar-refractivity contribution >= 4 is 13.7 Å². The first-order chi connectivity index (χ1) is 14.5. The van der Waals surface area contributed by atoms with E-state index in [0.717, 1.165) is 24.0 Å². The van der Waals surface area contributed by atoms with Crippen LogP contribution in [0.5, 0.6) is 0 Å². The van der Waals surface area contributed by atoms with E-state index in [-0.39, 0.29) is 11.7 Å². The molecular weight excluding hydrogens is 375 g/mol. The Balaban J connectivity index is 1.63. The van der Waals surface area contributed by atoms with E-state index < -0.39 is 0 Å². The van der Waals surface area contributed by atoms with Gasteiger partial charge in [0.2, 0.25) is 5.89 Å². The zero-order valence-electron chi connectivity index (χ0n) is 17.3. The molecule has 0 unspecified atom stereocenters. The standard InChI is InChI=1S/C22H23BN6O/c1-29(2)13-15-5-7-16(8-6-15)18-12-25-20(24)19(26-18)22-28-27-21(30-22)17-9-3-14(11-23)4-10-17/h3-10,12H,11,13,23H2,1-2H3,(H2,24,25). The van der Waals surface area contributed by atoms with E-state index in [0.29, 0.717) is 17.3 Å². The summed E-state index contributed by atoms with van der Waals surface area (Å²) in [5.41, 5.74) is 11.4. The Kier molecular flexibility index (Phi) is 5.58. The van der Waals surface area contributed by atoms with Crippen LogP contribution in [0.2, 0.25) is 0 Å². The molecule has 0 radical (unpaired) electrons. The minimum absolute atomic E-state index is 0.250. The molecule has 30 heavy (non-hydrogen) atoms. The molecule has 7 nitrogen and oxygen atoms in total. The summed E-state index contributed by atoms with van der Waals surface area (Å²) in [5.74, 6) is 0.924. The van der Waals surface area contributed by atoms with Crippen LogP contribution >= 0.6 is 0 Å². The van der Waals surface area contributed by atoms with Crippen LogP contribution in [0.25, 0.3) is 34.3 Å². The lowest BCUT2D eigenvalue weighted by Gasteiger charge is -2.10. The van der Waals surface area contributed by atoms with Gasteiger partial charge in [-0.05, 0) is 31.8 Å². The van der Waals surface area contributed by atoms with Gasteiger partial charge in [-0.2, -0.15) is 0 Å². The highest BCUT2D eigenvalue weighted by Gasteiger charge is 2.17. The Hall–Kier alpha value is -3.52. The molecule has 0 aliphatic heterocycles. The molecule has 0 saturated carbocycles. The lowest BCUT2D eigenvalue weighted by Crippen LogP contribution is -2.10. The average Bonchev–Trinajstić information content (AvgIpc) is 3.24. The molecule has 0 saturated heterocycles. The fourth-order valence-corrected chi connectivity index (χ4v) is 3.16. The van der Waals surface area contributed by atoms with Crippen LogP contribution in [0.1, 0.15) is 11.1 Å². The molecule has 2 aromatic carbocycles. The minimum Gasteiger partial charge on any atom is -0.414 e. The van der Waals surface area contributed by atoms with Gasteiger partial charge in [0.1, 0.15) is 7.85 Å². The van der Waals surface area contributed by atoms with Gasteiger partial charge in [0.15, 0.2) is 11.5 Å². The Labute approximate surface area is 176 Å². The second-order valence-corrected chi connectivity index (χ2v) is 7.39. The predicted molar refractivity (Wildman–Crippen MR) is 120 cm³/mol. The van der Waals surface area contributed by atoms with Crippen LogP contribution in [0.3, 0.4) is 0 Å². The van der Waals surface area contributed by atoms with Gasteiger partial charge >= 0.3 is 0 Å².